The van der Waals surface area contributed by atoms with Gasteiger partial charge in [-0.25, -0.2) is 0 Å². The molecule has 2 amide bonds. The highest BCUT2D eigenvalue weighted by atomic mass is 16.2. The molecule has 0 saturated carbocycles. The Bertz CT molecular complexity index is 1150. The largest absolute Gasteiger partial charge is 0.327 e. The van der Waals surface area contributed by atoms with E-state index in [9.17, 15) is 9.59 Å². The third-order valence-corrected chi connectivity index (χ3v) is 6.80. The summed E-state index contributed by atoms with van der Waals surface area (Å²) in [7, 11) is 0. The van der Waals surface area contributed by atoms with Crippen molar-refractivity contribution < 1.29 is 14.5 Å². The molecule has 0 aliphatic carbocycles. The number of fused-ring (bicyclic) bond motifs is 1. The van der Waals surface area contributed by atoms with Gasteiger partial charge >= 0.3 is 0 Å². The number of aromatic nitrogens is 1. The van der Waals surface area contributed by atoms with Gasteiger partial charge in [-0.05, 0) is 43.0 Å². The van der Waals surface area contributed by atoms with Gasteiger partial charge in [-0.15, -0.1) is 0 Å². The van der Waals surface area contributed by atoms with Crippen LogP contribution in [0, 0.1) is 0 Å². The molecule has 6 nitrogen and oxygen atoms in total. The van der Waals surface area contributed by atoms with Crippen LogP contribution in [0.25, 0.3) is 10.9 Å². The summed E-state index contributed by atoms with van der Waals surface area (Å²) in [6, 6.07) is 17.5. The monoisotopic (exact) mass is 473 g/mol. The Labute approximate surface area is 208 Å². The number of anilines is 1. The lowest BCUT2D eigenvalue weighted by atomic mass is 9.98. The molecule has 0 radical (unpaired) electrons. The zero-order valence-corrected chi connectivity index (χ0v) is 21.0. The van der Waals surface area contributed by atoms with Crippen LogP contribution < -0.4 is 10.2 Å². The molecule has 2 aromatic carbocycles. The van der Waals surface area contributed by atoms with E-state index in [0.717, 1.165) is 73.0 Å². The SMILES string of the molecule is CCCCc1nc2ccccc2c(NC(=O)C[NH+]2CCN(C(=O)c3ccccc3)CC2)c1CCC. The van der Waals surface area contributed by atoms with Gasteiger partial charge in [0, 0.05) is 16.6 Å². The highest BCUT2D eigenvalue weighted by molar-refractivity contribution is 6.03. The number of hydrogen-bond donors (Lipinski definition) is 2. The molecule has 6 heteroatoms. The second kappa shape index (κ2) is 11.9. The molecule has 4 rings (SSSR count). The first kappa shape index (κ1) is 24.9. The van der Waals surface area contributed by atoms with Gasteiger partial charge < -0.3 is 15.1 Å². The fourth-order valence-electron chi connectivity index (χ4n) is 4.89. The maximum atomic E-state index is 13.2. The molecular weight excluding hydrogens is 436 g/mol. The van der Waals surface area contributed by atoms with Gasteiger partial charge in [0.2, 0.25) is 0 Å². The van der Waals surface area contributed by atoms with E-state index in [2.05, 4.69) is 25.2 Å². The van der Waals surface area contributed by atoms with E-state index >= 15 is 0 Å². The molecular formula is C29H37N4O2+. The van der Waals surface area contributed by atoms with Gasteiger partial charge in [-0.1, -0.05) is 63.1 Å². The van der Waals surface area contributed by atoms with E-state index in [0.29, 0.717) is 19.6 Å². The van der Waals surface area contributed by atoms with Gasteiger partial charge in [0.1, 0.15) is 0 Å². The van der Waals surface area contributed by atoms with Crippen molar-refractivity contribution in [3.63, 3.8) is 0 Å². The van der Waals surface area contributed by atoms with E-state index in [4.69, 9.17) is 4.98 Å². The van der Waals surface area contributed by atoms with Crippen molar-refractivity contribution in [2.75, 3.05) is 38.0 Å². The number of aryl methyl sites for hydroxylation is 1. The van der Waals surface area contributed by atoms with Crippen LogP contribution in [0.1, 0.15) is 54.7 Å². The quantitative estimate of drug-likeness (QED) is 0.500. The summed E-state index contributed by atoms with van der Waals surface area (Å²) in [5, 5.41) is 4.29. The number of quaternary nitrogens is 1. The number of pyridine rings is 1. The van der Waals surface area contributed by atoms with Gasteiger partial charge in [0.15, 0.2) is 6.54 Å². The Balaban J connectivity index is 1.45. The van der Waals surface area contributed by atoms with Crippen molar-refractivity contribution in [1.29, 1.82) is 0 Å². The van der Waals surface area contributed by atoms with E-state index < -0.39 is 0 Å². The Hall–Kier alpha value is -3.25. The molecule has 1 aliphatic heterocycles. The van der Waals surface area contributed by atoms with Crippen molar-refractivity contribution in [1.82, 2.24) is 9.88 Å². The van der Waals surface area contributed by atoms with Crippen LogP contribution in [-0.4, -0.2) is 54.4 Å². The second-order valence-corrected chi connectivity index (χ2v) is 9.42. The average Bonchev–Trinajstić information content (AvgIpc) is 2.89. The minimum absolute atomic E-state index is 0.0259. The number of rotatable bonds is 9. The maximum Gasteiger partial charge on any atom is 0.279 e. The van der Waals surface area contributed by atoms with Crippen LogP contribution in [0.2, 0.25) is 0 Å². The number of carbonyl (C=O) groups is 2. The highest BCUT2D eigenvalue weighted by Crippen LogP contribution is 2.30. The van der Waals surface area contributed by atoms with Gasteiger partial charge in [-0.2, -0.15) is 0 Å². The predicted molar refractivity (Wildman–Crippen MR) is 141 cm³/mol. The predicted octanol–water partition coefficient (Wildman–Crippen LogP) is 3.51. The molecule has 2 N–H and O–H groups in total. The fraction of sp³-hybridized carbons (Fsp3) is 0.414. The number of unbranched alkanes of at least 4 members (excludes halogenated alkanes) is 1. The normalized spacial score (nSPS) is 14.3. The Morgan fingerprint density at radius 1 is 0.943 bits per heavy atom. The second-order valence-electron chi connectivity index (χ2n) is 9.42. The molecule has 0 bridgehead atoms. The summed E-state index contributed by atoms with van der Waals surface area (Å²) >= 11 is 0. The molecule has 35 heavy (non-hydrogen) atoms. The number of piperazine rings is 1. The molecule has 0 spiro atoms. The van der Waals surface area contributed by atoms with Gasteiger partial charge in [0.25, 0.3) is 11.8 Å². The lowest BCUT2D eigenvalue weighted by molar-refractivity contribution is -0.895. The van der Waals surface area contributed by atoms with Gasteiger partial charge in [-0.3, -0.25) is 14.6 Å². The smallest absolute Gasteiger partial charge is 0.279 e. The average molecular weight is 474 g/mol. The molecule has 0 atom stereocenters. The van der Waals surface area contributed by atoms with Crippen LogP contribution in [0.3, 0.4) is 0 Å². The van der Waals surface area contributed by atoms with Gasteiger partial charge in [0.05, 0.1) is 37.4 Å². The Morgan fingerprint density at radius 2 is 1.66 bits per heavy atom. The molecule has 1 saturated heterocycles. The summed E-state index contributed by atoms with van der Waals surface area (Å²) in [5.41, 5.74) is 4.89. The molecule has 3 aromatic rings. The maximum absolute atomic E-state index is 13.2. The minimum Gasteiger partial charge on any atom is -0.327 e. The van der Waals surface area contributed by atoms with E-state index in [1.807, 2.05) is 53.4 Å². The summed E-state index contributed by atoms with van der Waals surface area (Å²) in [4.78, 5) is 34.0. The minimum atomic E-state index is 0.0259. The summed E-state index contributed by atoms with van der Waals surface area (Å²) in [5.74, 6) is 0.0964. The number of hydrogen-bond acceptors (Lipinski definition) is 3. The molecule has 1 fully saturated rings. The standard InChI is InChI=1S/C29H36N4O2/c1-3-5-15-25-23(11-4-2)28(24-14-9-10-16-26(24)30-25)31-27(34)21-32-17-19-33(20-18-32)29(35)22-12-7-6-8-13-22/h6-10,12-14,16H,3-5,11,15,17-21H2,1-2H3,(H,30,31,34)/p+1. The first-order valence-electron chi connectivity index (χ1n) is 13.0. The van der Waals surface area contributed by atoms with Crippen LogP contribution in [0.15, 0.2) is 54.6 Å². The Morgan fingerprint density at radius 3 is 2.37 bits per heavy atom. The summed E-state index contributed by atoms with van der Waals surface area (Å²) in [6.07, 6.45) is 5.04. The Kier molecular flexibility index (Phi) is 8.48. The van der Waals surface area contributed by atoms with E-state index in [1.165, 1.54) is 10.5 Å². The third-order valence-electron chi connectivity index (χ3n) is 6.80. The van der Waals surface area contributed by atoms with Crippen molar-refractivity contribution >= 4 is 28.4 Å². The third kappa shape index (κ3) is 6.06. The number of nitrogens with zero attached hydrogens (tertiary/aromatic N) is 2. The number of amides is 2. The van der Waals surface area contributed by atoms with E-state index in [-0.39, 0.29) is 11.8 Å². The molecule has 1 aliphatic rings. The first-order chi connectivity index (χ1) is 17.1. The number of carbonyl (C=O) groups excluding carboxylic acids is 2. The van der Waals surface area contributed by atoms with E-state index in [1.54, 1.807) is 0 Å². The van der Waals surface area contributed by atoms with Crippen molar-refractivity contribution in [2.45, 2.75) is 46.0 Å². The first-order valence-corrected chi connectivity index (χ1v) is 13.0. The number of para-hydroxylation sites is 1. The molecule has 0 unspecified atom stereocenters. The van der Waals surface area contributed by atoms with Crippen LogP contribution >= 0.6 is 0 Å². The van der Waals surface area contributed by atoms with Crippen molar-refractivity contribution in [3.05, 3.63) is 71.4 Å². The zero-order valence-electron chi connectivity index (χ0n) is 21.0. The number of benzene rings is 2. The zero-order chi connectivity index (χ0) is 24.6. The fourth-order valence-corrected chi connectivity index (χ4v) is 4.89. The molecule has 2 heterocycles. The lowest BCUT2D eigenvalue weighted by Crippen LogP contribution is -3.15. The summed E-state index contributed by atoms with van der Waals surface area (Å²) in [6.45, 7) is 7.64. The number of nitrogens with one attached hydrogen (secondary N) is 2. The topological polar surface area (TPSA) is 66.7 Å². The van der Waals surface area contributed by atoms with Crippen LogP contribution in [-0.2, 0) is 17.6 Å². The molecule has 1 aromatic heterocycles. The highest BCUT2D eigenvalue weighted by Gasteiger charge is 2.26. The van der Waals surface area contributed by atoms with Crippen molar-refractivity contribution in [3.8, 4) is 0 Å². The molecule has 184 valence electrons. The van der Waals surface area contributed by atoms with Crippen LogP contribution in [0.5, 0.6) is 0 Å². The van der Waals surface area contributed by atoms with Crippen LogP contribution in [0.4, 0.5) is 5.69 Å². The van der Waals surface area contributed by atoms with Crippen molar-refractivity contribution in [2.24, 2.45) is 0 Å². The lowest BCUT2D eigenvalue weighted by Gasteiger charge is -2.32. The summed E-state index contributed by atoms with van der Waals surface area (Å²) < 4.78 is 0.